The topological polar surface area (TPSA) is 74.3 Å². The third-order valence-electron chi connectivity index (χ3n) is 6.79. The number of benzene rings is 1. The molecule has 2 N–H and O–H groups in total. The molecule has 0 spiro atoms. The maximum absolute atomic E-state index is 13.9. The Kier molecular flexibility index (Phi) is 5.84. The summed E-state index contributed by atoms with van der Waals surface area (Å²) >= 11 is 0. The number of rotatable bonds is 5. The van der Waals surface area contributed by atoms with Crippen LogP contribution in [0.1, 0.15) is 43.1 Å². The zero-order valence-electron chi connectivity index (χ0n) is 18.7. The van der Waals surface area contributed by atoms with E-state index in [-0.39, 0.29) is 36.0 Å². The second-order valence-electron chi connectivity index (χ2n) is 9.35. The zero-order chi connectivity index (χ0) is 24.0. The van der Waals surface area contributed by atoms with Crippen LogP contribution in [0, 0.1) is 5.92 Å². The fourth-order valence-corrected chi connectivity index (χ4v) is 4.86. The van der Waals surface area contributed by atoms with Gasteiger partial charge in [-0.15, -0.1) is 0 Å². The van der Waals surface area contributed by atoms with Crippen LogP contribution in [0.3, 0.4) is 0 Å². The van der Waals surface area contributed by atoms with Crippen molar-refractivity contribution in [3.8, 4) is 0 Å². The van der Waals surface area contributed by atoms with Crippen molar-refractivity contribution in [2.45, 2.75) is 50.4 Å². The molecular formula is C24H27F3N4O2. The predicted molar refractivity (Wildman–Crippen MR) is 118 cm³/mol. The minimum Gasteiger partial charge on any atom is -0.380 e. The molecule has 9 heteroatoms. The van der Waals surface area contributed by atoms with Crippen LogP contribution in [0.2, 0.25) is 0 Å². The molecule has 33 heavy (non-hydrogen) atoms. The fourth-order valence-electron chi connectivity index (χ4n) is 4.86. The first kappa shape index (κ1) is 23.1. The van der Waals surface area contributed by atoms with Crippen molar-refractivity contribution in [3.05, 3.63) is 59.4 Å². The summed E-state index contributed by atoms with van der Waals surface area (Å²) in [6.07, 6.45) is -2.63. The number of aromatic nitrogens is 1. The minimum absolute atomic E-state index is 0.0441. The normalized spacial score (nSPS) is 22.4. The maximum atomic E-state index is 13.9. The molecule has 3 atom stereocenters. The summed E-state index contributed by atoms with van der Waals surface area (Å²) in [5.74, 6) is -1.87. The highest BCUT2D eigenvalue weighted by atomic mass is 19.4. The van der Waals surface area contributed by atoms with Crippen LogP contribution in [-0.4, -0.2) is 47.5 Å². The Morgan fingerprint density at radius 2 is 1.94 bits per heavy atom. The Balaban J connectivity index is 1.52. The van der Waals surface area contributed by atoms with Gasteiger partial charge in [-0.1, -0.05) is 38.1 Å². The molecule has 1 aliphatic heterocycles. The van der Waals surface area contributed by atoms with E-state index in [4.69, 9.17) is 0 Å². The molecule has 0 saturated carbocycles. The molecule has 1 aromatic carbocycles. The summed E-state index contributed by atoms with van der Waals surface area (Å²) in [5.41, 5.74) is 2.70. The molecule has 2 heterocycles. The Labute approximate surface area is 190 Å². The lowest BCUT2D eigenvalue weighted by Gasteiger charge is -2.32. The number of carbonyl (C=O) groups is 2. The van der Waals surface area contributed by atoms with Gasteiger partial charge in [-0.25, -0.2) is 0 Å². The third-order valence-corrected chi connectivity index (χ3v) is 6.79. The zero-order valence-corrected chi connectivity index (χ0v) is 18.7. The van der Waals surface area contributed by atoms with Gasteiger partial charge in [-0.2, -0.15) is 13.2 Å². The van der Waals surface area contributed by atoms with Crippen molar-refractivity contribution in [1.29, 1.82) is 0 Å². The van der Waals surface area contributed by atoms with E-state index < -0.39 is 24.0 Å². The van der Waals surface area contributed by atoms with E-state index >= 15 is 0 Å². The van der Waals surface area contributed by atoms with E-state index in [0.717, 1.165) is 13.5 Å². The largest absolute Gasteiger partial charge is 0.414 e. The van der Waals surface area contributed by atoms with E-state index in [1.165, 1.54) is 23.4 Å². The predicted octanol–water partition coefficient (Wildman–Crippen LogP) is 3.59. The summed E-state index contributed by atoms with van der Waals surface area (Å²) in [6.45, 7) is 4.32. The van der Waals surface area contributed by atoms with E-state index in [1.54, 1.807) is 6.07 Å². The van der Waals surface area contributed by atoms with E-state index in [0.29, 0.717) is 10.6 Å². The van der Waals surface area contributed by atoms with Crippen molar-refractivity contribution >= 4 is 17.5 Å². The Hall–Kier alpha value is -3.10. The third kappa shape index (κ3) is 4.41. The minimum atomic E-state index is -4.71. The van der Waals surface area contributed by atoms with Crippen molar-refractivity contribution in [2.24, 2.45) is 5.92 Å². The van der Waals surface area contributed by atoms with Gasteiger partial charge in [0.1, 0.15) is 0 Å². The first-order valence-electron chi connectivity index (χ1n) is 10.9. The molecule has 1 saturated heterocycles. The van der Waals surface area contributed by atoms with Gasteiger partial charge >= 0.3 is 6.18 Å². The van der Waals surface area contributed by atoms with Crippen molar-refractivity contribution in [1.82, 2.24) is 15.2 Å². The first-order valence-corrected chi connectivity index (χ1v) is 10.9. The number of pyridine rings is 1. The molecule has 2 aliphatic rings. The molecule has 1 aromatic heterocycles. The van der Waals surface area contributed by atoms with Crippen LogP contribution in [-0.2, 0) is 21.4 Å². The molecule has 1 fully saturated rings. The molecule has 1 aliphatic carbocycles. The van der Waals surface area contributed by atoms with Gasteiger partial charge in [-0.3, -0.25) is 14.6 Å². The number of carbonyl (C=O) groups excluding carboxylic acids is 2. The average molecular weight is 461 g/mol. The standard InChI is InChI=1S/C24H27F3N4O2/c1-23(2)17-7-5-4-6-14(17)10-19(23)30-16-8-9-18(28-13-16)21(24(25,26)27)31(3)22(33)15-11-20(32)29-12-15/h4-9,13,15,19,21,30H,10-12H2,1-3H3,(H,29,32)/t15-,19+,21-/m0/s1. The summed E-state index contributed by atoms with van der Waals surface area (Å²) in [4.78, 5) is 28.7. The van der Waals surface area contributed by atoms with Crippen LogP contribution in [0.15, 0.2) is 42.6 Å². The first-order chi connectivity index (χ1) is 15.5. The number of anilines is 1. The molecule has 176 valence electrons. The highest BCUT2D eigenvalue weighted by molar-refractivity contribution is 5.89. The highest BCUT2D eigenvalue weighted by Crippen LogP contribution is 2.41. The molecule has 6 nitrogen and oxygen atoms in total. The van der Waals surface area contributed by atoms with Crippen molar-refractivity contribution < 1.29 is 22.8 Å². The van der Waals surface area contributed by atoms with Gasteiger partial charge < -0.3 is 15.5 Å². The molecular weight excluding hydrogens is 433 g/mol. The van der Waals surface area contributed by atoms with E-state index in [1.807, 2.05) is 12.1 Å². The molecule has 0 bridgehead atoms. The van der Waals surface area contributed by atoms with Gasteiger partial charge in [-0.05, 0) is 29.7 Å². The van der Waals surface area contributed by atoms with Crippen LogP contribution in [0.4, 0.5) is 18.9 Å². The maximum Gasteiger partial charge on any atom is 0.414 e. The van der Waals surface area contributed by atoms with Crippen molar-refractivity contribution in [3.63, 3.8) is 0 Å². The Morgan fingerprint density at radius 3 is 2.52 bits per heavy atom. The SMILES string of the molecule is CN(C(=O)[C@@H]1CNC(=O)C1)[C@@H](c1ccc(N[C@@H]2Cc3ccccc3C2(C)C)cn1)C(F)(F)F. The lowest BCUT2D eigenvalue weighted by molar-refractivity contribution is -0.191. The lowest BCUT2D eigenvalue weighted by Crippen LogP contribution is -2.43. The number of amides is 2. The van der Waals surface area contributed by atoms with Crippen LogP contribution in [0.5, 0.6) is 0 Å². The molecule has 0 unspecified atom stereocenters. The molecule has 2 amide bonds. The summed E-state index contributed by atoms with van der Waals surface area (Å²) in [5, 5.41) is 5.90. The molecule has 4 rings (SSSR count). The van der Waals surface area contributed by atoms with Gasteiger partial charge in [0.15, 0.2) is 6.04 Å². The lowest BCUT2D eigenvalue weighted by atomic mass is 9.83. The number of nitrogens with one attached hydrogen (secondary N) is 2. The van der Waals surface area contributed by atoms with Crippen LogP contribution >= 0.6 is 0 Å². The second-order valence-corrected chi connectivity index (χ2v) is 9.35. The Bertz CT molecular complexity index is 1050. The van der Waals surface area contributed by atoms with Crippen LogP contribution in [0.25, 0.3) is 0 Å². The quantitative estimate of drug-likeness (QED) is 0.715. The van der Waals surface area contributed by atoms with Gasteiger partial charge in [0.05, 0.1) is 23.5 Å². The Morgan fingerprint density at radius 1 is 1.21 bits per heavy atom. The van der Waals surface area contributed by atoms with Crippen molar-refractivity contribution in [2.75, 3.05) is 18.9 Å². The summed E-state index contributed by atoms with van der Waals surface area (Å²) < 4.78 is 41.8. The number of fused-ring (bicyclic) bond motifs is 1. The smallest absolute Gasteiger partial charge is 0.380 e. The number of halogens is 3. The number of alkyl halides is 3. The second kappa shape index (κ2) is 8.35. The monoisotopic (exact) mass is 460 g/mol. The number of nitrogens with zero attached hydrogens (tertiary/aromatic N) is 2. The van der Waals surface area contributed by atoms with E-state index in [9.17, 15) is 22.8 Å². The summed E-state index contributed by atoms with van der Waals surface area (Å²) in [6, 6.07) is 8.95. The van der Waals surface area contributed by atoms with Gasteiger partial charge in [0.25, 0.3) is 0 Å². The average Bonchev–Trinajstić information content (AvgIpc) is 3.29. The molecule has 2 aromatic rings. The van der Waals surface area contributed by atoms with E-state index in [2.05, 4.69) is 41.6 Å². The van der Waals surface area contributed by atoms with Crippen LogP contribution < -0.4 is 10.6 Å². The number of hydrogen-bond acceptors (Lipinski definition) is 4. The summed E-state index contributed by atoms with van der Waals surface area (Å²) in [7, 11) is 1.11. The fraction of sp³-hybridized carbons (Fsp3) is 0.458. The van der Waals surface area contributed by atoms with Gasteiger partial charge in [0, 0.05) is 31.5 Å². The van der Waals surface area contributed by atoms with Gasteiger partial charge in [0.2, 0.25) is 11.8 Å². The highest BCUT2D eigenvalue weighted by Gasteiger charge is 2.48. The number of hydrogen-bond donors (Lipinski definition) is 2. The molecule has 0 radical (unpaired) electrons.